The molecule has 0 unspecified atom stereocenters. The molecule has 1 saturated heterocycles. The first kappa shape index (κ1) is 88.5. The molecule has 1 aliphatic heterocycles. The van der Waals surface area contributed by atoms with Crippen LogP contribution >= 0.6 is 0 Å². The molecular formula is C75H136N8O13Sn. The third kappa shape index (κ3) is 41.1. The number of hydrogen-bond donors (Lipinski definition) is 3. The second-order valence-electron chi connectivity index (χ2n) is 33.0. The molecule has 97 heavy (non-hydrogen) atoms. The summed E-state index contributed by atoms with van der Waals surface area (Å²) in [7, 11) is 0. The predicted molar refractivity (Wildman–Crippen MR) is 390 cm³/mol. The van der Waals surface area contributed by atoms with Crippen molar-refractivity contribution in [3.05, 3.63) is 29.8 Å². The van der Waals surface area contributed by atoms with Crippen LogP contribution < -0.4 is 19.5 Å². The zero-order chi connectivity index (χ0) is 73.4. The number of esters is 5. The van der Waals surface area contributed by atoms with Crippen molar-refractivity contribution in [1.29, 1.82) is 0 Å². The number of amides is 4. The van der Waals surface area contributed by atoms with Crippen molar-refractivity contribution in [2.24, 2.45) is 5.41 Å². The van der Waals surface area contributed by atoms with Crippen LogP contribution in [0.1, 0.15) is 241 Å². The molecule has 2 rings (SSSR count). The molecule has 0 aliphatic carbocycles. The number of nitrogens with zero attached hydrogens (tertiary/aromatic N) is 5. The Hall–Kier alpha value is -4.58. The summed E-state index contributed by atoms with van der Waals surface area (Å²) in [5, 5.41) is 9.05. The number of carbonyl (C=O) groups excluding carboxylic acids is 8. The van der Waals surface area contributed by atoms with E-state index in [1.807, 2.05) is 86.8 Å². The molecule has 558 valence electrons. The molecule has 1 aromatic rings. The number of nitrogens with one attached hydrogen (secondary N) is 3. The van der Waals surface area contributed by atoms with Crippen LogP contribution in [0.4, 0.5) is 4.79 Å². The van der Waals surface area contributed by atoms with Crippen molar-refractivity contribution in [3.8, 4) is 0 Å². The molecule has 1 heterocycles. The number of ether oxygens (including phenoxy) is 5. The fourth-order valence-corrected chi connectivity index (χ4v) is 27.7. The van der Waals surface area contributed by atoms with Crippen LogP contribution in [-0.4, -0.2) is 222 Å². The molecule has 0 spiro atoms. The number of benzene rings is 1. The van der Waals surface area contributed by atoms with Gasteiger partial charge in [0.1, 0.15) is 34.0 Å². The van der Waals surface area contributed by atoms with Gasteiger partial charge in [-0.3, -0.25) is 43.6 Å². The Morgan fingerprint density at radius 1 is 0.464 bits per heavy atom. The monoisotopic (exact) mass is 1480 g/mol. The van der Waals surface area contributed by atoms with E-state index < -0.39 is 70.4 Å². The maximum absolute atomic E-state index is 14.5. The third-order valence-electron chi connectivity index (χ3n) is 16.6. The van der Waals surface area contributed by atoms with Crippen molar-refractivity contribution in [3.63, 3.8) is 0 Å². The quantitative estimate of drug-likeness (QED) is 0.0245. The normalized spacial score (nSPS) is 15.6. The van der Waals surface area contributed by atoms with Gasteiger partial charge in [0.05, 0.1) is 26.2 Å². The second kappa shape index (κ2) is 42.6. The van der Waals surface area contributed by atoms with Gasteiger partial charge < -0.3 is 29.0 Å². The molecular weight excluding hydrogens is 1340 g/mol. The van der Waals surface area contributed by atoms with Crippen LogP contribution in [0.25, 0.3) is 0 Å². The fraction of sp³-hybridized carbons (Fsp3) is 0.813. The van der Waals surface area contributed by atoms with E-state index in [2.05, 4.69) is 81.8 Å². The minimum atomic E-state index is -2.72. The molecule has 21 nitrogen and oxygen atoms in total. The Morgan fingerprint density at radius 2 is 0.866 bits per heavy atom. The Balaban J connectivity index is 2.38. The summed E-state index contributed by atoms with van der Waals surface area (Å²) in [6.07, 6.45) is 10.7. The zero-order valence-electron chi connectivity index (χ0n) is 64.6. The second-order valence-corrected chi connectivity index (χ2v) is 46.3. The maximum atomic E-state index is 14.5. The molecule has 1 aromatic carbocycles. The number of rotatable bonds is 36. The van der Waals surface area contributed by atoms with E-state index in [0.717, 1.165) is 5.56 Å². The van der Waals surface area contributed by atoms with Crippen LogP contribution in [0.2, 0.25) is 13.3 Å². The fourth-order valence-electron chi connectivity index (χ4n) is 11.8. The summed E-state index contributed by atoms with van der Waals surface area (Å²) in [5.41, 5.74) is -2.86. The van der Waals surface area contributed by atoms with Crippen LogP contribution in [-0.2, 0) is 63.8 Å². The van der Waals surface area contributed by atoms with Crippen molar-refractivity contribution >= 4 is 69.6 Å². The molecule has 4 amide bonds. The van der Waals surface area contributed by atoms with Crippen molar-refractivity contribution in [2.75, 3.05) is 91.6 Å². The predicted octanol–water partition coefficient (Wildman–Crippen LogP) is 11.3. The number of unbranched alkanes of at least 4 members (excludes halogenated alkanes) is 5. The van der Waals surface area contributed by atoms with Gasteiger partial charge in [0.2, 0.25) is 5.91 Å². The van der Waals surface area contributed by atoms with Gasteiger partial charge in [-0.2, -0.15) is 0 Å². The van der Waals surface area contributed by atoms with Crippen LogP contribution in [0, 0.1) is 5.41 Å². The summed E-state index contributed by atoms with van der Waals surface area (Å²) in [6.45, 7) is 44.9. The molecule has 0 saturated carbocycles. The molecule has 22 heteroatoms. The zero-order valence-corrected chi connectivity index (χ0v) is 67.5. The Kier molecular flexibility index (Phi) is 38.9. The van der Waals surface area contributed by atoms with E-state index in [1.54, 1.807) is 45.1 Å². The first-order chi connectivity index (χ1) is 44.9. The minimum absolute atomic E-state index is 0.000548. The van der Waals surface area contributed by atoms with E-state index in [0.29, 0.717) is 111 Å². The Labute approximate surface area is 591 Å². The molecule has 0 aromatic heterocycles. The molecule has 0 bridgehead atoms. The van der Waals surface area contributed by atoms with E-state index in [-0.39, 0.29) is 80.2 Å². The number of urea groups is 1. The van der Waals surface area contributed by atoms with E-state index >= 15 is 0 Å². The summed E-state index contributed by atoms with van der Waals surface area (Å²) < 4.78 is 34.0. The third-order valence-corrected chi connectivity index (χ3v) is 32.3. The van der Waals surface area contributed by atoms with E-state index in [9.17, 15) is 38.4 Å². The first-order valence-corrected chi connectivity index (χ1v) is 44.1. The van der Waals surface area contributed by atoms with Crippen LogP contribution in [0.5, 0.6) is 0 Å². The number of carbonyl (C=O) groups is 8. The average molecular weight is 1480 g/mol. The molecule has 1 fully saturated rings. The topological polar surface area (TPSA) is 235 Å². The van der Waals surface area contributed by atoms with Crippen LogP contribution in [0.15, 0.2) is 24.3 Å². The summed E-state index contributed by atoms with van der Waals surface area (Å²) in [5.74, 6) is -2.40. The van der Waals surface area contributed by atoms with Gasteiger partial charge in [0.15, 0.2) is 0 Å². The van der Waals surface area contributed by atoms with Crippen LogP contribution in [0.3, 0.4) is 0 Å². The van der Waals surface area contributed by atoms with Gasteiger partial charge in [-0.25, -0.2) is 9.59 Å². The standard InChI is InChI=1S/C63H109N8O13.3C4H9.Sn/c1-58(2,3)49(66-57(79)65-48(56(78)84-63(16,17)18)30-31-52(74)80-59(4,5)6)28-23-25-33-71(42-47-26-20-19-21-27-47)51(73)29-22-24-32-64-50(72)43-67-34-36-68(44-53(75)81-60(7,8)9)38-40-70(46-55(77)83-62(13,14)15)41-39-69(37-35-67)45-54(76)82-61(10,11)12;3*1-3-4-2;/h20-21,26-27,48-49H,22-25,28-46H2,1-18H3,(H,64,72)(H2,65,66,79);3*1,3-4H2,2H3;/t48-,49-;;;;/m0..../s1. The summed E-state index contributed by atoms with van der Waals surface area (Å²) >= 11 is -2.72. The first-order valence-electron chi connectivity index (χ1n) is 36.6. The van der Waals surface area contributed by atoms with Crippen molar-refractivity contribution in [2.45, 2.75) is 295 Å². The van der Waals surface area contributed by atoms with Crippen molar-refractivity contribution < 1.29 is 62.0 Å². The van der Waals surface area contributed by atoms with Crippen molar-refractivity contribution in [1.82, 2.24) is 40.4 Å². The molecule has 1 aliphatic rings. The molecule has 3 N–H and O–H groups in total. The molecule has 2 atom stereocenters. The van der Waals surface area contributed by atoms with Gasteiger partial charge in [-0.15, -0.1) is 0 Å². The van der Waals surface area contributed by atoms with E-state index in [4.69, 9.17) is 23.7 Å². The summed E-state index contributed by atoms with van der Waals surface area (Å²) in [4.78, 5) is 118. The molecule has 0 radical (unpaired) electrons. The van der Waals surface area contributed by atoms with Gasteiger partial charge in [0, 0.05) is 58.8 Å². The Morgan fingerprint density at radius 3 is 1.26 bits per heavy atom. The van der Waals surface area contributed by atoms with Gasteiger partial charge in [0.25, 0.3) is 0 Å². The number of hydrogen-bond acceptors (Lipinski definition) is 17. The van der Waals surface area contributed by atoms with Gasteiger partial charge in [-0.05, 0) is 110 Å². The average Bonchev–Trinajstić information content (AvgIpc) is 0.812. The SMILES string of the molecule is CCC[CH2][Sn]([CH2]CCC)([CH2]CCC)[c]1ccc(CN(CCCC[C@H](NC(=O)N[C@@H](CCC(=O)OC(C)(C)C)C(=O)OC(C)(C)C)C(C)(C)C)C(=O)CCCCNC(=O)CN2CCN(CC(=O)OC(C)(C)C)CCN(CC(=O)OC(C)(C)C)CCN(CC(=O)OC(C)(C)C)CC2)cc1. The van der Waals surface area contributed by atoms with Gasteiger partial charge >= 0.3 is 256 Å². The summed E-state index contributed by atoms with van der Waals surface area (Å²) in [6, 6.07) is 7.37. The Bertz CT molecular complexity index is 2480. The van der Waals surface area contributed by atoms with Gasteiger partial charge in [-0.1, -0.05) is 20.8 Å². The van der Waals surface area contributed by atoms with E-state index in [1.165, 1.54) is 51.8 Å².